The third-order valence-electron chi connectivity index (χ3n) is 4.91. The van der Waals surface area contributed by atoms with Crippen LogP contribution in [0.1, 0.15) is 34.3 Å². The Kier molecular flexibility index (Phi) is 8.74. The first-order valence-electron chi connectivity index (χ1n) is 10.7. The van der Waals surface area contributed by atoms with E-state index in [0.29, 0.717) is 12.0 Å². The molecule has 0 aromatic heterocycles. The Morgan fingerprint density at radius 3 is 2.40 bits per heavy atom. The predicted molar refractivity (Wildman–Crippen MR) is 129 cm³/mol. The number of esters is 2. The zero-order valence-electron chi connectivity index (χ0n) is 18.9. The molecule has 0 atom stereocenters. The molecular weight excluding hydrogens is 473 g/mol. The third-order valence-corrected chi connectivity index (χ3v) is 6.31. The normalized spacial score (nSPS) is 11.3. The molecule has 9 heteroatoms. The van der Waals surface area contributed by atoms with E-state index in [9.17, 15) is 22.4 Å². The van der Waals surface area contributed by atoms with Crippen LogP contribution in [0.15, 0.2) is 83.8 Å². The van der Waals surface area contributed by atoms with E-state index >= 15 is 0 Å². The molecule has 0 heterocycles. The number of carbonyl (C=O) groups is 2. The number of hydrogen-bond acceptors (Lipinski definition) is 6. The van der Waals surface area contributed by atoms with E-state index < -0.39 is 26.7 Å². The summed E-state index contributed by atoms with van der Waals surface area (Å²) in [6.45, 7) is 0.181. The lowest BCUT2D eigenvalue weighted by Crippen LogP contribution is -2.18. The lowest BCUT2D eigenvalue weighted by Gasteiger charge is -2.14. The molecule has 7 nitrogen and oxygen atoms in total. The summed E-state index contributed by atoms with van der Waals surface area (Å²) < 4.78 is 51.8. The van der Waals surface area contributed by atoms with Crippen molar-refractivity contribution in [3.05, 3.63) is 101 Å². The number of benzene rings is 3. The quantitative estimate of drug-likeness (QED) is 0.398. The average Bonchev–Trinajstić information content (AvgIpc) is 2.85. The largest absolute Gasteiger partial charge is 0.465 e. The Morgan fingerprint density at radius 2 is 1.69 bits per heavy atom. The standard InChI is InChI=1S/C26H24FNO6S/c1-33-26(30)25-20(12-5-8-17-24(29)34-18-19-10-3-2-4-11-19)13-9-15-22(25)28-35(31,32)23-16-7-6-14-21(23)27/h2-7,9-16,28H,8,17-18H2,1H3. The molecule has 3 aromatic rings. The van der Waals surface area contributed by atoms with Gasteiger partial charge in [0.1, 0.15) is 17.3 Å². The number of methoxy groups -OCH3 is 1. The fourth-order valence-corrected chi connectivity index (χ4v) is 4.36. The maximum absolute atomic E-state index is 14.1. The Bertz CT molecular complexity index is 1320. The number of hydrogen-bond donors (Lipinski definition) is 1. The number of carbonyl (C=O) groups excluding carboxylic acids is 2. The minimum atomic E-state index is -4.31. The Morgan fingerprint density at radius 1 is 0.971 bits per heavy atom. The number of ether oxygens (including phenoxy) is 2. The number of anilines is 1. The molecule has 1 N–H and O–H groups in total. The topological polar surface area (TPSA) is 98.8 Å². The van der Waals surface area contributed by atoms with Crippen LogP contribution in [0, 0.1) is 5.82 Å². The number of allylic oxidation sites excluding steroid dienone is 1. The van der Waals surface area contributed by atoms with Gasteiger partial charge < -0.3 is 9.47 Å². The number of rotatable bonds is 10. The molecule has 3 aromatic carbocycles. The molecule has 0 fully saturated rings. The van der Waals surface area contributed by atoms with Gasteiger partial charge in [-0.3, -0.25) is 9.52 Å². The first-order chi connectivity index (χ1) is 16.8. The zero-order chi connectivity index (χ0) is 25.3. The average molecular weight is 498 g/mol. The molecule has 3 rings (SSSR count). The maximum Gasteiger partial charge on any atom is 0.340 e. The molecule has 35 heavy (non-hydrogen) atoms. The summed E-state index contributed by atoms with van der Waals surface area (Å²) in [6.07, 6.45) is 3.70. The maximum atomic E-state index is 14.1. The van der Waals surface area contributed by atoms with Crippen molar-refractivity contribution >= 4 is 33.7 Å². The minimum Gasteiger partial charge on any atom is -0.465 e. The van der Waals surface area contributed by atoms with Gasteiger partial charge in [0.05, 0.1) is 18.4 Å². The van der Waals surface area contributed by atoms with Crippen LogP contribution in [0.5, 0.6) is 0 Å². The van der Waals surface area contributed by atoms with Crippen molar-refractivity contribution in [3.8, 4) is 0 Å². The van der Waals surface area contributed by atoms with Gasteiger partial charge in [0, 0.05) is 6.42 Å². The highest BCUT2D eigenvalue weighted by Crippen LogP contribution is 2.26. The van der Waals surface area contributed by atoms with Crippen molar-refractivity contribution in [2.75, 3.05) is 11.8 Å². The van der Waals surface area contributed by atoms with Crippen molar-refractivity contribution in [2.24, 2.45) is 0 Å². The van der Waals surface area contributed by atoms with E-state index in [1.54, 1.807) is 24.3 Å². The van der Waals surface area contributed by atoms with E-state index in [2.05, 4.69) is 4.72 Å². The van der Waals surface area contributed by atoms with Gasteiger partial charge in [0.15, 0.2) is 0 Å². The second kappa shape index (κ2) is 11.9. The zero-order valence-corrected chi connectivity index (χ0v) is 19.8. The smallest absolute Gasteiger partial charge is 0.340 e. The van der Waals surface area contributed by atoms with E-state index in [-0.39, 0.29) is 30.2 Å². The van der Waals surface area contributed by atoms with Gasteiger partial charge in [0.25, 0.3) is 10.0 Å². The van der Waals surface area contributed by atoms with E-state index in [1.165, 1.54) is 25.3 Å². The number of halogens is 1. The molecule has 0 saturated heterocycles. The molecule has 0 saturated carbocycles. The first kappa shape index (κ1) is 25.6. The third kappa shape index (κ3) is 7.00. The highest BCUT2D eigenvalue weighted by molar-refractivity contribution is 7.92. The van der Waals surface area contributed by atoms with Gasteiger partial charge in [-0.15, -0.1) is 0 Å². The molecule has 0 aliphatic heterocycles. The highest BCUT2D eigenvalue weighted by atomic mass is 32.2. The van der Waals surface area contributed by atoms with Crippen molar-refractivity contribution in [1.82, 2.24) is 0 Å². The van der Waals surface area contributed by atoms with Crippen LogP contribution in [0.25, 0.3) is 6.08 Å². The summed E-state index contributed by atoms with van der Waals surface area (Å²) >= 11 is 0. The van der Waals surface area contributed by atoms with E-state index in [0.717, 1.165) is 17.7 Å². The van der Waals surface area contributed by atoms with Gasteiger partial charge in [-0.2, -0.15) is 0 Å². The van der Waals surface area contributed by atoms with Crippen molar-refractivity contribution in [1.29, 1.82) is 0 Å². The van der Waals surface area contributed by atoms with E-state index in [1.807, 2.05) is 30.3 Å². The summed E-state index contributed by atoms with van der Waals surface area (Å²) in [5.41, 5.74) is 1.14. The molecule has 0 aliphatic rings. The monoisotopic (exact) mass is 497 g/mol. The Labute approximate surface area is 203 Å². The fraction of sp³-hybridized carbons (Fsp3) is 0.154. The van der Waals surface area contributed by atoms with Crippen LogP contribution in [-0.2, 0) is 30.9 Å². The molecule has 0 radical (unpaired) electrons. The summed E-state index contributed by atoms with van der Waals surface area (Å²) in [5.74, 6) is -2.08. The summed E-state index contributed by atoms with van der Waals surface area (Å²) in [5, 5.41) is 0. The van der Waals surface area contributed by atoms with Crippen molar-refractivity contribution < 1.29 is 31.9 Å². The van der Waals surface area contributed by atoms with Crippen LogP contribution in [-0.4, -0.2) is 27.5 Å². The molecule has 0 unspecified atom stereocenters. The van der Waals surface area contributed by atoms with Crippen LogP contribution in [0.4, 0.5) is 10.1 Å². The summed E-state index contributed by atoms with van der Waals surface area (Å²) in [6, 6.07) is 18.7. The van der Waals surface area contributed by atoms with Crippen molar-refractivity contribution in [3.63, 3.8) is 0 Å². The molecule has 0 bridgehead atoms. The second-order valence-electron chi connectivity index (χ2n) is 7.38. The second-order valence-corrected chi connectivity index (χ2v) is 9.04. The predicted octanol–water partition coefficient (Wildman–Crippen LogP) is 4.95. The highest BCUT2D eigenvalue weighted by Gasteiger charge is 2.23. The van der Waals surface area contributed by atoms with Crippen LogP contribution < -0.4 is 4.72 Å². The number of nitrogens with one attached hydrogen (secondary N) is 1. The van der Waals surface area contributed by atoms with Crippen molar-refractivity contribution in [2.45, 2.75) is 24.3 Å². The lowest BCUT2D eigenvalue weighted by molar-refractivity contribution is -0.144. The van der Waals surface area contributed by atoms with Gasteiger partial charge in [0.2, 0.25) is 0 Å². The van der Waals surface area contributed by atoms with Crippen LogP contribution in [0.2, 0.25) is 0 Å². The number of sulfonamides is 1. The molecule has 0 amide bonds. The Balaban J connectivity index is 1.72. The Hall–Kier alpha value is -3.98. The summed E-state index contributed by atoms with van der Waals surface area (Å²) in [4.78, 5) is 23.9. The molecule has 0 spiro atoms. The molecular formula is C26H24FNO6S. The molecule has 0 aliphatic carbocycles. The van der Waals surface area contributed by atoms with Gasteiger partial charge >= 0.3 is 11.9 Å². The first-order valence-corrected chi connectivity index (χ1v) is 12.1. The molecule has 182 valence electrons. The van der Waals surface area contributed by atoms with Crippen LogP contribution in [0.3, 0.4) is 0 Å². The van der Waals surface area contributed by atoms with Gasteiger partial charge in [-0.1, -0.05) is 66.7 Å². The minimum absolute atomic E-state index is 0.0437. The lowest BCUT2D eigenvalue weighted by atomic mass is 10.0. The van der Waals surface area contributed by atoms with Gasteiger partial charge in [-0.05, 0) is 35.7 Å². The summed E-state index contributed by atoms with van der Waals surface area (Å²) in [7, 11) is -3.14. The fourth-order valence-electron chi connectivity index (χ4n) is 3.21. The van der Waals surface area contributed by atoms with Gasteiger partial charge in [-0.25, -0.2) is 17.6 Å². The SMILES string of the molecule is COC(=O)c1c(C=CCCC(=O)OCc2ccccc2)cccc1NS(=O)(=O)c1ccccc1F. The van der Waals surface area contributed by atoms with Crippen LogP contribution >= 0.6 is 0 Å². The van der Waals surface area contributed by atoms with E-state index in [4.69, 9.17) is 9.47 Å².